The molecule has 0 amide bonds. The molecule has 13 heavy (non-hydrogen) atoms. The van der Waals surface area contributed by atoms with E-state index in [1.165, 1.54) is 0 Å². The molecule has 0 radical (unpaired) electrons. The molecule has 0 N–H and O–H groups in total. The molecule has 3 heteroatoms. The zero-order valence-corrected chi connectivity index (χ0v) is 8.08. The third kappa shape index (κ3) is 1.28. The van der Waals surface area contributed by atoms with Crippen LogP contribution in [-0.4, -0.2) is 9.55 Å². The molecule has 0 aromatic carbocycles. The lowest BCUT2D eigenvalue weighted by Gasteiger charge is -2.07. The van der Waals surface area contributed by atoms with Crippen LogP contribution in [-0.2, 0) is 13.0 Å². The number of rotatable bonds is 1. The van der Waals surface area contributed by atoms with Gasteiger partial charge in [0.05, 0.1) is 0 Å². The summed E-state index contributed by atoms with van der Waals surface area (Å²) in [6.45, 7) is 4.88. The van der Waals surface area contributed by atoms with Gasteiger partial charge in [-0.3, -0.25) is 9.78 Å². The standard InChI is InChI=1S/C10H14N2O/c1-7(2)9-10(13)12-5-3-4-8(12)6-11-9/h6-7H,3-5H2,1-2H3. The van der Waals surface area contributed by atoms with Gasteiger partial charge in [0.2, 0.25) is 0 Å². The Hall–Kier alpha value is -1.12. The Morgan fingerprint density at radius 1 is 1.54 bits per heavy atom. The van der Waals surface area contributed by atoms with Crippen LogP contribution in [0.1, 0.15) is 37.6 Å². The van der Waals surface area contributed by atoms with Gasteiger partial charge in [-0.25, -0.2) is 0 Å². The first-order chi connectivity index (χ1) is 6.20. The molecule has 0 unspecified atom stereocenters. The zero-order chi connectivity index (χ0) is 9.42. The largest absolute Gasteiger partial charge is 0.310 e. The summed E-state index contributed by atoms with van der Waals surface area (Å²) in [6, 6.07) is 0. The highest BCUT2D eigenvalue weighted by molar-refractivity contribution is 5.11. The third-order valence-electron chi connectivity index (χ3n) is 2.53. The Kier molecular flexibility index (Phi) is 1.94. The topological polar surface area (TPSA) is 34.9 Å². The van der Waals surface area contributed by atoms with E-state index in [2.05, 4.69) is 4.98 Å². The Balaban J connectivity index is 2.59. The highest BCUT2D eigenvalue weighted by atomic mass is 16.1. The molecule has 1 aromatic rings. The Labute approximate surface area is 77.4 Å². The van der Waals surface area contributed by atoms with Crippen molar-refractivity contribution in [2.75, 3.05) is 0 Å². The summed E-state index contributed by atoms with van der Waals surface area (Å²) < 4.78 is 1.86. The van der Waals surface area contributed by atoms with Crippen LogP contribution >= 0.6 is 0 Å². The first-order valence-electron chi connectivity index (χ1n) is 4.78. The zero-order valence-electron chi connectivity index (χ0n) is 8.08. The van der Waals surface area contributed by atoms with E-state index in [4.69, 9.17) is 0 Å². The fourth-order valence-electron chi connectivity index (χ4n) is 1.80. The van der Waals surface area contributed by atoms with E-state index in [9.17, 15) is 4.79 Å². The van der Waals surface area contributed by atoms with Crippen LogP contribution in [0.4, 0.5) is 0 Å². The number of aryl methyl sites for hydroxylation is 1. The van der Waals surface area contributed by atoms with Gasteiger partial charge < -0.3 is 4.57 Å². The van der Waals surface area contributed by atoms with Gasteiger partial charge in [-0.1, -0.05) is 13.8 Å². The number of fused-ring (bicyclic) bond motifs is 1. The molecular formula is C10H14N2O. The fraction of sp³-hybridized carbons (Fsp3) is 0.600. The first-order valence-corrected chi connectivity index (χ1v) is 4.78. The summed E-state index contributed by atoms with van der Waals surface area (Å²) in [6.07, 6.45) is 3.93. The van der Waals surface area contributed by atoms with E-state index >= 15 is 0 Å². The van der Waals surface area contributed by atoms with E-state index < -0.39 is 0 Å². The molecule has 0 saturated heterocycles. The van der Waals surface area contributed by atoms with E-state index in [0.29, 0.717) is 5.69 Å². The smallest absolute Gasteiger partial charge is 0.272 e. The number of hydrogen-bond acceptors (Lipinski definition) is 2. The Morgan fingerprint density at radius 2 is 2.31 bits per heavy atom. The molecule has 0 saturated carbocycles. The van der Waals surface area contributed by atoms with Gasteiger partial charge in [-0.05, 0) is 12.8 Å². The average molecular weight is 178 g/mol. The maximum absolute atomic E-state index is 11.8. The second-order valence-corrected chi connectivity index (χ2v) is 3.85. The minimum absolute atomic E-state index is 0.116. The molecule has 2 rings (SSSR count). The van der Waals surface area contributed by atoms with Crippen molar-refractivity contribution in [3.63, 3.8) is 0 Å². The van der Waals surface area contributed by atoms with Crippen LogP contribution in [0.2, 0.25) is 0 Å². The van der Waals surface area contributed by atoms with Gasteiger partial charge in [-0.2, -0.15) is 0 Å². The number of nitrogens with zero attached hydrogens (tertiary/aromatic N) is 2. The summed E-state index contributed by atoms with van der Waals surface area (Å²) in [7, 11) is 0. The van der Waals surface area contributed by atoms with Crippen LogP contribution in [0, 0.1) is 0 Å². The van der Waals surface area contributed by atoms with Crippen molar-refractivity contribution >= 4 is 0 Å². The molecule has 1 aliphatic heterocycles. The molecule has 1 aromatic heterocycles. The van der Waals surface area contributed by atoms with Crippen LogP contribution in [0.3, 0.4) is 0 Å². The summed E-state index contributed by atoms with van der Waals surface area (Å²) in [5.41, 5.74) is 1.91. The minimum Gasteiger partial charge on any atom is -0.310 e. The second-order valence-electron chi connectivity index (χ2n) is 3.85. The van der Waals surface area contributed by atoms with Gasteiger partial charge in [-0.15, -0.1) is 0 Å². The van der Waals surface area contributed by atoms with E-state index in [1.807, 2.05) is 24.6 Å². The summed E-state index contributed by atoms with van der Waals surface area (Å²) in [5, 5.41) is 0. The quantitative estimate of drug-likeness (QED) is 0.650. The van der Waals surface area contributed by atoms with Gasteiger partial charge in [0.1, 0.15) is 5.69 Å². The maximum atomic E-state index is 11.8. The molecule has 0 aliphatic carbocycles. The Bertz CT molecular complexity index is 379. The maximum Gasteiger partial charge on any atom is 0.272 e. The molecular weight excluding hydrogens is 164 g/mol. The van der Waals surface area contributed by atoms with Crippen molar-refractivity contribution in [1.82, 2.24) is 9.55 Å². The van der Waals surface area contributed by atoms with E-state index in [-0.39, 0.29) is 11.5 Å². The molecule has 70 valence electrons. The van der Waals surface area contributed by atoms with Crippen molar-refractivity contribution in [3.05, 3.63) is 27.9 Å². The van der Waals surface area contributed by atoms with Gasteiger partial charge in [0.15, 0.2) is 0 Å². The molecule has 0 atom stereocenters. The van der Waals surface area contributed by atoms with Crippen molar-refractivity contribution in [2.24, 2.45) is 0 Å². The predicted octanol–water partition coefficient (Wildman–Crippen LogP) is 1.31. The number of hydrogen-bond donors (Lipinski definition) is 0. The van der Waals surface area contributed by atoms with Crippen molar-refractivity contribution in [3.8, 4) is 0 Å². The molecule has 0 spiro atoms. The third-order valence-corrected chi connectivity index (χ3v) is 2.53. The van der Waals surface area contributed by atoms with E-state index in [0.717, 1.165) is 25.1 Å². The Morgan fingerprint density at radius 3 is 3.00 bits per heavy atom. The summed E-state index contributed by atoms with van der Waals surface area (Å²) in [5.74, 6) is 0.228. The minimum atomic E-state index is 0.116. The lowest BCUT2D eigenvalue weighted by Crippen LogP contribution is -2.25. The van der Waals surface area contributed by atoms with Gasteiger partial charge in [0, 0.05) is 24.4 Å². The van der Waals surface area contributed by atoms with E-state index in [1.54, 1.807) is 0 Å². The monoisotopic (exact) mass is 178 g/mol. The normalized spacial score (nSPS) is 15.0. The van der Waals surface area contributed by atoms with Crippen LogP contribution < -0.4 is 5.56 Å². The molecule has 1 aliphatic rings. The van der Waals surface area contributed by atoms with Crippen LogP contribution in [0.25, 0.3) is 0 Å². The second kappa shape index (κ2) is 2.98. The predicted molar refractivity (Wildman–Crippen MR) is 50.9 cm³/mol. The van der Waals surface area contributed by atoms with Crippen LogP contribution in [0.15, 0.2) is 11.0 Å². The van der Waals surface area contributed by atoms with Gasteiger partial charge in [0.25, 0.3) is 5.56 Å². The highest BCUT2D eigenvalue weighted by Gasteiger charge is 2.16. The van der Waals surface area contributed by atoms with Crippen molar-refractivity contribution in [1.29, 1.82) is 0 Å². The number of aromatic nitrogens is 2. The highest BCUT2D eigenvalue weighted by Crippen LogP contribution is 2.13. The fourth-order valence-corrected chi connectivity index (χ4v) is 1.80. The van der Waals surface area contributed by atoms with Crippen LogP contribution in [0.5, 0.6) is 0 Å². The summed E-state index contributed by atoms with van der Waals surface area (Å²) in [4.78, 5) is 16.0. The molecule has 3 nitrogen and oxygen atoms in total. The average Bonchev–Trinajstić information content (AvgIpc) is 2.52. The lowest BCUT2D eigenvalue weighted by atomic mass is 10.1. The molecule has 2 heterocycles. The van der Waals surface area contributed by atoms with Gasteiger partial charge >= 0.3 is 0 Å². The summed E-state index contributed by atoms with van der Waals surface area (Å²) >= 11 is 0. The molecule has 0 bridgehead atoms. The first kappa shape index (κ1) is 8.48. The lowest BCUT2D eigenvalue weighted by molar-refractivity contribution is 0.680. The van der Waals surface area contributed by atoms with Crippen molar-refractivity contribution < 1.29 is 0 Å². The molecule has 0 fully saturated rings. The van der Waals surface area contributed by atoms with Crippen molar-refractivity contribution in [2.45, 2.75) is 39.2 Å². The SMILES string of the molecule is CC(C)c1ncc2n(c1=O)CCC2.